The predicted molar refractivity (Wildman–Crippen MR) is 93.6 cm³/mol. The number of nitrogens with one attached hydrogen (secondary N) is 3. The predicted octanol–water partition coefficient (Wildman–Crippen LogP) is 0.0496. The first-order chi connectivity index (χ1) is 12.1. The minimum atomic E-state index is -0.263. The molecular weight excluding hydrogens is 319 g/mol. The molecule has 1 saturated heterocycles. The lowest BCUT2D eigenvalue weighted by Crippen LogP contribution is -3.19. The van der Waals surface area contributed by atoms with Crippen LogP contribution in [0.5, 0.6) is 0 Å². The van der Waals surface area contributed by atoms with Crippen LogP contribution in [0.15, 0.2) is 48.7 Å². The minimum Gasteiger partial charge on any atom is -0.347 e. The first kappa shape index (κ1) is 17.4. The van der Waals surface area contributed by atoms with Gasteiger partial charge >= 0.3 is 0 Å². The van der Waals surface area contributed by atoms with Crippen molar-refractivity contribution in [2.24, 2.45) is 0 Å². The third-order valence-electron chi connectivity index (χ3n) is 4.82. The molecule has 1 aliphatic rings. The Kier molecular flexibility index (Phi) is 5.60. The summed E-state index contributed by atoms with van der Waals surface area (Å²) in [5.74, 6) is 0.899. The van der Waals surface area contributed by atoms with Crippen LogP contribution in [0.2, 0.25) is 0 Å². The van der Waals surface area contributed by atoms with E-state index >= 15 is 0 Å². The summed E-state index contributed by atoms with van der Waals surface area (Å²) in [5.41, 5.74) is 0.904. The van der Waals surface area contributed by atoms with Gasteiger partial charge in [0.2, 0.25) is 0 Å². The Hall–Kier alpha value is -2.47. The maximum Gasteiger partial charge on any atom is 0.278 e. The molecule has 0 bridgehead atoms. The van der Waals surface area contributed by atoms with Crippen molar-refractivity contribution in [2.75, 3.05) is 31.1 Å². The number of carbonyl (C=O) groups is 1. The summed E-state index contributed by atoms with van der Waals surface area (Å²) in [6.45, 7) is 6.10. The van der Waals surface area contributed by atoms with Gasteiger partial charge in [0.1, 0.15) is 32.0 Å². The van der Waals surface area contributed by atoms with E-state index in [-0.39, 0.29) is 17.8 Å². The molecule has 132 valence electrons. The molecule has 1 aromatic heterocycles. The number of benzene rings is 1. The highest BCUT2D eigenvalue weighted by Gasteiger charge is 2.32. The van der Waals surface area contributed by atoms with Crippen molar-refractivity contribution in [2.45, 2.75) is 19.5 Å². The molecule has 1 aromatic carbocycles. The second-order valence-electron chi connectivity index (χ2n) is 6.46. The Morgan fingerprint density at radius 1 is 1.24 bits per heavy atom. The fourth-order valence-electron chi connectivity index (χ4n) is 3.18. The van der Waals surface area contributed by atoms with Crippen molar-refractivity contribution in [3.8, 4) is 0 Å². The van der Waals surface area contributed by atoms with Crippen LogP contribution >= 0.6 is 0 Å². The van der Waals surface area contributed by atoms with Gasteiger partial charge in [-0.3, -0.25) is 9.69 Å². The topological polar surface area (TPSA) is 50.9 Å². The number of piperazine rings is 1. The molecule has 0 unspecified atom stereocenters. The van der Waals surface area contributed by atoms with Gasteiger partial charge < -0.3 is 10.2 Å². The van der Waals surface area contributed by atoms with Crippen molar-refractivity contribution >= 4 is 11.7 Å². The van der Waals surface area contributed by atoms with Gasteiger partial charge in [-0.1, -0.05) is 18.2 Å². The monoisotopic (exact) mass is 344 g/mol. The molecule has 0 radical (unpaired) electrons. The summed E-state index contributed by atoms with van der Waals surface area (Å²) in [6.07, 6.45) is 1.93. The van der Waals surface area contributed by atoms with E-state index in [2.05, 4.69) is 21.3 Å². The van der Waals surface area contributed by atoms with Crippen LogP contribution in [-0.4, -0.2) is 38.1 Å². The quantitative estimate of drug-likeness (QED) is 0.805. The van der Waals surface area contributed by atoms with Crippen LogP contribution in [-0.2, 0) is 11.3 Å². The van der Waals surface area contributed by atoms with Crippen molar-refractivity contribution in [1.29, 1.82) is 0 Å². The molecule has 2 heterocycles. The Labute approximate surface area is 147 Å². The van der Waals surface area contributed by atoms with Gasteiger partial charge in [-0.15, -0.1) is 0 Å². The smallest absolute Gasteiger partial charge is 0.278 e. The maximum absolute atomic E-state index is 12.9. The lowest BCUT2D eigenvalue weighted by molar-refractivity contribution is -0.914. The molecule has 25 heavy (non-hydrogen) atoms. The average molecular weight is 344 g/mol. The number of hydrogen-bond donors (Lipinski definition) is 2. The van der Waals surface area contributed by atoms with Crippen LogP contribution < -0.4 is 20.1 Å². The number of H-pyrrole nitrogens is 1. The second-order valence-corrected chi connectivity index (χ2v) is 6.46. The number of hydrogen-bond acceptors (Lipinski definition) is 2. The van der Waals surface area contributed by atoms with E-state index in [4.69, 9.17) is 0 Å². The molecule has 1 atom stereocenters. The first-order valence-corrected chi connectivity index (χ1v) is 8.72. The Morgan fingerprint density at radius 2 is 1.96 bits per heavy atom. The molecular formula is C19H25FN4O+2. The number of anilines is 1. The van der Waals surface area contributed by atoms with Crippen LogP contribution in [0.4, 0.5) is 10.2 Å². The molecule has 6 heteroatoms. The number of aromatic nitrogens is 1. The molecule has 0 spiro atoms. The zero-order chi connectivity index (χ0) is 17.6. The molecule has 3 N–H and O–H groups in total. The van der Waals surface area contributed by atoms with E-state index in [0.717, 1.165) is 37.6 Å². The Morgan fingerprint density at radius 3 is 2.60 bits per heavy atom. The summed E-state index contributed by atoms with van der Waals surface area (Å²) >= 11 is 0. The zero-order valence-electron chi connectivity index (χ0n) is 14.5. The van der Waals surface area contributed by atoms with Gasteiger partial charge in [0.05, 0.1) is 6.20 Å². The van der Waals surface area contributed by atoms with Gasteiger partial charge in [-0.05, 0) is 30.7 Å². The molecule has 5 nitrogen and oxygen atoms in total. The fourth-order valence-corrected chi connectivity index (χ4v) is 3.18. The number of rotatable bonds is 5. The minimum absolute atomic E-state index is 0.0408. The third-order valence-corrected chi connectivity index (χ3v) is 4.82. The Bertz CT molecular complexity index is 684. The van der Waals surface area contributed by atoms with Crippen LogP contribution in [0.25, 0.3) is 0 Å². The van der Waals surface area contributed by atoms with Gasteiger partial charge in [0.25, 0.3) is 11.7 Å². The number of quaternary nitrogens is 1. The fraction of sp³-hybridized carbons (Fsp3) is 0.368. The summed E-state index contributed by atoms with van der Waals surface area (Å²) in [5, 5.41) is 2.96. The number of nitrogens with zero attached hydrogens (tertiary/aromatic N) is 1. The highest BCUT2D eigenvalue weighted by Crippen LogP contribution is 2.05. The van der Waals surface area contributed by atoms with Crippen molar-refractivity contribution in [1.82, 2.24) is 5.32 Å². The van der Waals surface area contributed by atoms with E-state index in [1.54, 1.807) is 12.1 Å². The average Bonchev–Trinajstić information content (AvgIpc) is 2.67. The third kappa shape index (κ3) is 4.54. The summed E-state index contributed by atoms with van der Waals surface area (Å²) < 4.78 is 12.9. The molecule has 1 fully saturated rings. The van der Waals surface area contributed by atoms with E-state index < -0.39 is 0 Å². The summed E-state index contributed by atoms with van der Waals surface area (Å²) in [4.78, 5) is 19.3. The van der Waals surface area contributed by atoms with E-state index in [1.165, 1.54) is 17.0 Å². The van der Waals surface area contributed by atoms with E-state index in [1.807, 2.05) is 25.3 Å². The molecule has 0 aliphatic carbocycles. The number of amides is 1. The van der Waals surface area contributed by atoms with E-state index in [9.17, 15) is 9.18 Å². The van der Waals surface area contributed by atoms with Gasteiger partial charge in [0.15, 0.2) is 6.04 Å². The van der Waals surface area contributed by atoms with Crippen molar-refractivity contribution in [3.05, 3.63) is 60.0 Å². The molecule has 1 amide bonds. The lowest BCUT2D eigenvalue weighted by Gasteiger charge is -2.31. The Balaban J connectivity index is 1.47. The highest BCUT2D eigenvalue weighted by molar-refractivity contribution is 5.79. The maximum atomic E-state index is 12.9. The number of aromatic amines is 1. The van der Waals surface area contributed by atoms with Gasteiger partial charge in [-0.25, -0.2) is 9.37 Å². The molecule has 3 rings (SSSR count). The molecule has 1 aliphatic heterocycles. The van der Waals surface area contributed by atoms with Crippen LogP contribution in [0, 0.1) is 5.82 Å². The SMILES string of the molecule is C[C@H](C(=O)NCc1ccc(F)cc1)[NH+]1CCN(c2cccc[nH+]2)CC1. The van der Waals surface area contributed by atoms with Gasteiger partial charge in [-0.2, -0.15) is 0 Å². The molecule has 0 saturated carbocycles. The number of halogens is 1. The first-order valence-electron chi connectivity index (χ1n) is 8.72. The largest absolute Gasteiger partial charge is 0.347 e. The van der Waals surface area contributed by atoms with Crippen LogP contribution in [0.1, 0.15) is 12.5 Å². The lowest BCUT2D eigenvalue weighted by atomic mass is 10.2. The zero-order valence-corrected chi connectivity index (χ0v) is 14.5. The van der Waals surface area contributed by atoms with Crippen molar-refractivity contribution in [3.63, 3.8) is 0 Å². The molecule has 2 aromatic rings. The number of pyridine rings is 1. The normalized spacial score (nSPS) is 16.5. The summed E-state index contributed by atoms with van der Waals surface area (Å²) in [7, 11) is 0. The van der Waals surface area contributed by atoms with Gasteiger partial charge in [0, 0.05) is 12.6 Å². The number of carbonyl (C=O) groups excluding carboxylic acids is 1. The second kappa shape index (κ2) is 8.07. The van der Waals surface area contributed by atoms with E-state index in [0.29, 0.717) is 6.54 Å². The van der Waals surface area contributed by atoms with Crippen molar-refractivity contribution < 1.29 is 19.1 Å². The summed E-state index contributed by atoms with van der Waals surface area (Å²) in [6, 6.07) is 12.2. The standard InChI is InChI=1S/C19H23FN4O/c1-15(19(25)22-14-16-5-7-17(20)8-6-16)23-10-12-24(13-11-23)18-4-2-3-9-21-18/h2-9,15H,10-14H2,1H3,(H,22,25)/p+2/t15-/m1/s1. The highest BCUT2D eigenvalue weighted by atomic mass is 19.1. The van der Waals surface area contributed by atoms with Crippen LogP contribution in [0.3, 0.4) is 0 Å².